The SMILES string of the molecule is C[C@@H](NC(=O)c1cn([C@@H]2CC2(F)F)c(=O)cc1N[C@@H]1[C@@H]2CN(C)C[C@@H]21)c1cccc(C(F)F)c1F. The molecule has 188 valence electrons. The van der Waals surface area contributed by atoms with Crippen LogP contribution < -0.4 is 16.2 Å². The van der Waals surface area contributed by atoms with E-state index in [9.17, 15) is 31.5 Å². The molecule has 1 amide bonds. The zero-order chi connectivity index (χ0) is 25.2. The van der Waals surface area contributed by atoms with Gasteiger partial charge in [0.2, 0.25) is 0 Å². The molecular formula is C24H25F5N4O2. The smallest absolute Gasteiger partial charge is 0.270 e. The Morgan fingerprint density at radius 1 is 1.17 bits per heavy atom. The molecule has 35 heavy (non-hydrogen) atoms. The molecule has 1 saturated heterocycles. The lowest BCUT2D eigenvalue weighted by atomic mass is 10.0. The van der Waals surface area contributed by atoms with Gasteiger partial charge in [-0.2, -0.15) is 0 Å². The van der Waals surface area contributed by atoms with Gasteiger partial charge in [-0.05, 0) is 25.8 Å². The first-order valence-corrected chi connectivity index (χ1v) is 11.4. The number of amides is 1. The van der Waals surface area contributed by atoms with Crippen LogP contribution in [0.2, 0.25) is 0 Å². The first kappa shape index (κ1) is 23.8. The summed E-state index contributed by atoms with van der Waals surface area (Å²) in [4.78, 5) is 28.0. The molecule has 2 saturated carbocycles. The number of benzene rings is 1. The van der Waals surface area contributed by atoms with Crippen molar-refractivity contribution in [2.75, 3.05) is 25.5 Å². The summed E-state index contributed by atoms with van der Waals surface area (Å²) < 4.78 is 69.0. The Morgan fingerprint density at radius 2 is 1.80 bits per heavy atom. The van der Waals surface area contributed by atoms with Gasteiger partial charge < -0.3 is 20.1 Å². The van der Waals surface area contributed by atoms with Gasteiger partial charge in [0.25, 0.3) is 23.8 Å². The summed E-state index contributed by atoms with van der Waals surface area (Å²) in [6, 6.07) is 2.40. The minimum atomic E-state index is -3.03. The normalized spacial score (nSPS) is 27.4. The summed E-state index contributed by atoms with van der Waals surface area (Å²) in [6.45, 7) is 3.17. The number of pyridine rings is 1. The Bertz CT molecular complexity index is 1220. The highest BCUT2D eigenvalue weighted by Crippen LogP contribution is 2.52. The fraction of sp³-hybridized carbons (Fsp3) is 0.500. The zero-order valence-corrected chi connectivity index (χ0v) is 19.1. The first-order chi connectivity index (χ1) is 16.5. The van der Waals surface area contributed by atoms with Gasteiger partial charge >= 0.3 is 0 Å². The maximum atomic E-state index is 14.6. The minimum absolute atomic E-state index is 0.0390. The third-order valence-electron chi connectivity index (χ3n) is 7.26. The van der Waals surface area contributed by atoms with E-state index in [0.717, 1.165) is 36.0 Å². The third-order valence-corrected chi connectivity index (χ3v) is 7.26. The summed E-state index contributed by atoms with van der Waals surface area (Å²) in [6.07, 6.45) is -2.41. The summed E-state index contributed by atoms with van der Waals surface area (Å²) in [5.74, 6) is -4.17. The molecule has 11 heteroatoms. The molecule has 5 rings (SSSR count). The molecule has 3 fully saturated rings. The van der Waals surface area contributed by atoms with E-state index < -0.39 is 53.7 Å². The fourth-order valence-corrected chi connectivity index (χ4v) is 5.15. The summed E-state index contributed by atoms with van der Waals surface area (Å²) >= 11 is 0. The monoisotopic (exact) mass is 496 g/mol. The van der Waals surface area contributed by atoms with E-state index in [2.05, 4.69) is 15.5 Å². The van der Waals surface area contributed by atoms with Crippen LogP contribution in [0.1, 0.15) is 53.3 Å². The maximum absolute atomic E-state index is 14.6. The lowest BCUT2D eigenvalue weighted by molar-refractivity contribution is 0.0930. The Hall–Kier alpha value is -2.95. The van der Waals surface area contributed by atoms with Gasteiger partial charge in [0, 0.05) is 43.4 Å². The van der Waals surface area contributed by atoms with Gasteiger partial charge in [-0.3, -0.25) is 9.59 Å². The van der Waals surface area contributed by atoms with E-state index in [1.54, 1.807) is 0 Å². The van der Waals surface area contributed by atoms with Crippen LogP contribution in [0.3, 0.4) is 0 Å². The number of piperidine rings is 1. The van der Waals surface area contributed by atoms with E-state index in [1.807, 2.05) is 7.05 Å². The average molecular weight is 496 g/mol. The number of hydrogen-bond donors (Lipinski definition) is 2. The van der Waals surface area contributed by atoms with Crippen molar-refractivity contribution in [3.05, 3.63) is 63.3 Å². The van der Waals surface area contributed by atoms with Gasteiger partial charge in [-0.1, -0.05) is 18.2 Å². The molecule has 6 nitrogen and oxygen atoms in total. The highest BCUT2D eigenvalue weighted by Gasteiger charge is 2.59. The topological polar surface area (TPSA) is 66.4 Å². The molecule has 0 radical (unpaired) electrons. The standard InChI is InChI=1S/C24H25F5N4O2/c1-11(12-4-3-5-13(20(12)25)22(26)27)30-23(35)16-10-33(18-7-24(18,28)29)19(34)6-17(16)31-21-14-8-32(2)9-15(14)21/h3-6,10-11,14-15,18,21-22,31H,7-9H2,1-2H3,(H,30,35)/t11-,14-,15+,18-,21-/m1/s1. The zero-order valence-electron chi connectivity index (χ0n) is 19.1. The number of carbonyl (C=O) groups excluding carboxylic acids is 1. The molecule has 1 aliphatic heterocycles. The first-order valence-electron chi connectivity index (χ1n) is 11.4. The molecule has 0 spiro atoms. The third kappa shape index (κ3) is 4.30. The molecule has 3 aliphatic rings. The van der Waals surface area contributed by atoms with Crippen molar-refractivity contribution < 1.29 is 26.7 Å². The van der Waals surface area contributed by atoms with Crippen molar-refractivity contribution in [3.8, 4) is 0 Å². The van der Waals surface area contributed by atoms with Crippen LogP contribution in [0.15, 0.2) is 35.3 Å². The predicted octanol–water partition coefficient (Wildman–Crippen LogP) is 3.97. The number of likely N-dealkylation sites (tertiary alicyclic amines) is 1. The lowest BCUT2D eigenvalue weighted by Crippen LogP contribution is -2.32. The molecule has 2 N–H and O–H groups in total. The van der Waals surface area contributed by atoms with Crippen LogP contribution in [0, 0.1) is 17.7 Å². The molecule has 2 heterocycles. The Kier molecular flexibility index (Phi) is 5.65. The van der Waals surface area contributed by atoms with E-state index in [4.69, 9.17) is 0 Å². The second-order valence-electron chi connectivity index (χ2n) is 9.79. The second kappa shape index (κ2) is 8.32. The number of rotatable bonds is 7. The molecule has 2 aliphatic carbocycles. The van der Waals surface area contributed by atoms with Crippen LogP contribution >= 0.6 is 0 Å². The lowest BCUT2D eigenvalue weighted by Gasteiger charge is -2.20. The average Bonchev–Trinajstić information content (AvgIpc) is 3.54. The van der Waals surface area contributed by atoms with Gasteiger partial charge in [0.15, 0.2) is 0 Å². The van der Waals surface area contributed by atoms with Crippen LogP contribution in [0.25, 0.3) is 0 Å². The second-order valence-corrected chi connectivity index (χ2v) is 9.79. The number of nitrogens with one attached hydrogen (secondary N) is 2. The Balaban J connectivity index is 1.43. The minimum Gasteiger partial charge on any atom is -0.381 e. The Labute approximate surface area is 198 Å². The molecule has 1 aromatic carbocycles. The molecule has 2 aromatic rings. The highest BCUT2D eigenvalue weighted by molar-refractivity contribution is 5.99. The highest BCUT2D eigenvalue weighted by atomic mass is 19.3. The van der Waals surface area contributed by atoms with E-state index in [1.165, 1.54) is 19.1 Å². The van der Waals surface area contributed by atoms with Crippen molar-refractivity contribution in [3.63, 3.8) is 0 Å². The molecule has 5 atom stereocenters. The summed E-state index contributed by atoms with van der Waals surface area (Å²) in [7, 11) is 2.00. The van der Waals surface area contributed by atoms with E-state index in [0.29, 0.717) is 11.8 Å². The fourth-order valence-electron chi connectivity index (χ4n) is 5.15. The number of halogens is 5. The number of fused-ring (bicyclic) bond motifs is 1. The predicted molar refractivity (Wildman–Crippen MR) is 118 cm³/mol. The van der Waals surface area contributed by atoms with Crippen LogP contribution in [-0.2, 0) is 0 Å². The Morgan fingerprint density at radius 3 is 2.40 bits per heavy atom. The van der Waals surface area contributed by atoms with E-state index in [-0.39, 0.29) is 22.9 Å². The quantitative estimate of drug-likeness (QED) is 0.570. The number of nitrogens with zero attached hydrogens (tertiary/aromatic N) is 2. The summed E-state index contributed by atoms with van der Waals surface area (Å²) in [5, 5.41) is 5.79. The van der Waals surface area contributed by atoms with Gasteiger partial charge in [-0.15, -0.1) is 0 Å². The summed E-state index contributed by atoms with van der Waals surface area (Å²) in [5.41, 5.74) is -1.39. The van der Waals surface area contributed by atoms with Gasteiger partial charge in [0.1, 0.15) is 11.9 Å². The van der Waals surface area contributed by atoms with Crippen LogP contribution in [-0.4, -0.2) is 47.5 Å². The number of carbonyl (C=O) groups is 1. The molecule has 0 unspecified atom stereocenters. The van der Waals surface area contributed by atoms with Crippen molar-refractivity contribution in [2.24, 2.45) is 11.8 Å². The number of aromatic nitrogens is 1. The van der Waals surface area contributed by atoms with Crippen LogP contribution in [0.4, 0.5) is 27.6 Å². The number of alkyl halides is 4. The van der Waals surface area contributed by atoms with Crippen molar-refractivity contribution in [1.82, 2.24) is 14.8 Å². The van der Waals surface area contributed by atoms with Crippen LogP contribution in [0.5, 0.6) is 0 Å². The number of hydrogen-bond acceptors (Lipinski definition) is 4. The van der Waals surface area contributed by atoms with Crippen molar-refractivity contribution in [2.45, 2.75) is 43.8 Å². The number of anilines is 1. The van der Waals surface area contributed by atoms with Gasteiger partial charge in [-0.25, -0.2) is 22.0 Å². The van der Waals surface area contributed by atoms with Crippen molar-refractivity contribution >= 4 is 11.6 Å². The maximum Gasteiger partial charge on any atom is 0.270 e. The van der Waals surface area contributed by atoms with Crippen molar-refractivity contribution in [1.29, 1.82) is 0 Å². The molecule has 1 aromatic heterocycles. The van der Waals surface area contributed by atoms with E-state index >= 15 is 0 Å². The molecule has 0 bridgehead atoms. The largest absolute Gasteiger partial charge is 0.381 e. The molecular weight excluding hydrogens is 471 g/mol. The van der Waals surface area contributed by atoms with Gasteiger partial charge in [0.05, 0.1) is 22.9 Å².